The van der Waals surface area contributed by atoms with Crippen LogP contribution in [0.25, 0.3) is 0 Å². The summed E-state index contributed by atoms with van der Waals surface area (Å²) in [4.78, 5) is 12.3. The van der Waals surface area contributed by atoms with Crippen LogP contribution in [0.15, 0.2) is 24.3 Å². The molecule has 0 saturated heterocycles. The molecule has 2 nitrogen and oxygen atoms in total. The first-order chi connectivity index (χ1) is 9.34. The van der Waals surface area contributed by atoms with E-state index in [4.69, 9.17) is 0 Å². The fraction of sp³-hybridized carbons (Fsp3) is 0.588. The third-order valence-electron chi connectivity index (χ3n) is 6.21. The number of benzene rings is 1. The van der Waals surface area contributed by atoms with E-state index in [1.165, 1.54) is 25.0 Å². The topological polar surface area (TPSA) is 29.1 Å². The molecule has 3 rings (SSSR count). The van der Waals surface area contributed by atoms with Gasteiger partial charge in [0.2, 0.25) is 0 Å². The highest BCUT2D eigenvalue weighted by Gasteiger charge is 2.61. The molecule has 0 spiro atoms. The second-order valence-corrected chi connectivity index (χ2v) is 7.14. The average Bonchev–Trinajstić information content (AvgIpc) is 2.72. The Balaban J connectivity index is 1.76. The first-order valence-corrected chi connectivity index (χ1v) is 7.41. The monoisotopic (exact) mass is 275 g/mol. The summed E-state index contributed by atoms with van der Waals surface area (Å²) >= 11 is 0. The van der Waals surface area contributed by atoms with Crippen molar-refractivity contribution in [1.82, 2.24) is 5.32 Å². The molecular formula is C17H22FNO. The lowest BCUT2D eigenvalue weighted by molar-refractivity contribution is 0.0826. The van der Waals surface area contributed by atoms with Gasteiger partial charge >= 0.3 is 0 Å². The molecule has 2 aliphatic carbocycles. The maximum Gasteiger partial charge on any atom is 0.251 e. The van der Waals surface area contributed by atoms with Crippen molar-refractivity contribution in [1.29, 1.82) is 0 Å². The Morgan fingerprint density at radius 1 is 1.25 bits per heavy atom. The molecule has 3 atom stereocenters. The zero-order valence-electron chi connectivity index (χ0n) is 12.4. The third-order valence-corrected chi connectivity index (χ3v) is 6.21. The molecule has 0 radical (unpaired) electrons. The minimum atomic E-state index is -0.311. The summed E-state index contributed by atoms with van der Waals surface area (Å²) in [6.07, 6.45) is 3.52. The Bertz CT molecular complexity index is 536. The molecule has 108 valence electrons. The van der Waals surface area contributed by atoms with Crippen LogP contribution in [0.4, 0.5) is 4.39 Å². The maximum atomic E-state index is 12.9. The Labute approximate surface area is 119 Å². The summed E-state index contributed by atoms with van der Waals surface area (Å²) in [7, 11) is 0. The Morgan fingerprint density at radius 3 is 2.40 bits per heavy atom. The van der Waals surface area contributed by atoms with Gasteiger partial charge in [-0.2, -0.15) is 0 Å². The molecule has 2 bridgehead atoms. The summed E-state index contributed by atoms with van der Waals surface area (Å²) < 4.78 is 12.9. The molecule has 1 aromatic rings. The molecule has 2 saturated carbocycles. The highest BCUT2D eigenvalue weighted by molar-refractivity contribution is 5.94. The number of halogens is 1. The van der Waals surface area contributed by atoms with Crippen molar-refractivity contribution in [2.75, 3.05) is 0 Å². The van der Waals surface area contributed by atoms with Gasteiger partial charge in [0.15, 0.2) is 0 Å². The van der Waals surface area contributed by atoms with E-state index in [0.29, 0.717) is 11.5 Å². The van der Waals surface area contributed by atoms with Crippen LogP contribution in [0.5, 0.6) is 0 Å². The summed E-state index contributed by atoms with van der Waals surface area (Å²) in [5.41, 5.74) is 0.997. The molecule has 2 aliphatic rings. The normalized spacial score (nSPS) is 34.2. The molecule has 0 aliphatic heterocycles. The third kappa shape index (κ3) is 1.79. The zero-order valence-corrected chi connectivity index (χ0v) is 12.4. The molecule has 1 amide bonds. The van der Waals surface area contributed by atoms with E-state index in [-0.39, 0.29) is 28.6 Å². The van der Waals surface area contributed by atoms with Gasteiger partial charge < -0.3 is 5.32 Å². The molecule has 20 heavy (non-hydrogen) atoms. The van der Waals surface area contributed by atoms with Gasteiger partial charge in [0.1, 0.15) is 5.82 Å². The van der Waals surface area contributed by atoms with E-state index >= 15 is 0 Å². The largest absolute Gasteiger partial charge is 0.349 e. The van der Waals surface area contributed by atoms with E-state index < -0.39 is 0 Å². The summed E-state index contributed by atoms with van der Waals surface area (Å²) in [6.45, 7) is 6.96. The number of carbonyl (C=O) groups excluding carboxylic acids is 1. The highest BCUT2D eigenvalue weighted by Crippen LogP contribution is 2.65. The molecule has 1 aromatic carbocycles. The van der Waals surface area contributed by atoms with Gasteiger partial charge in [-0.1, -0.05) is 20.8 Å². The number of hydrogen-bond donors (Lipinski definition) is 1. The summed E-state index contributed by atoms with van der Waals surface area (Å²) in [5.74, 6) is 0.306. The van der Waals surface area contributed by atoms with Crippen LogP contribution in [0.1, 0.15) is 50.4 Å². The van der Waals surface area contributed by atoms with Crippen molar-refractivity contribution in [3.8, 4) is 0 Å². The predicted octanol–water partition coefficient (Wildman–Crippen LogP) is 3.77. The zero-order chi connectivity index (χ0) is 14.5. The second-order valence-electron chi connectivity index (χ2n) is 7.14. The van der Waals surface area contributed by atoms with Gasteiger partial charge in [-0.05, 0) is 60.3 Å². The standard InChI is InChI=1S/C17H22FNO/c1-16(2)12-8-9-17(16,3)14(10-12)19-15(20)11-4-6-13(18)7-5-11/h4-7,12,14H,8-10H2,1-3H3,(H,19,20)/t12-,14-,17+/m1/s1. The quantitative estimate of drug-likeness (QED) is 0.874. The number of carbonyl (C=O) groups is 1. The lowest BCUT2D eigenvalue weighted by Crippen LogP contribution is -2.46. The molecule has 1 N–H and O–H groups in total. The fourth-order valence-electron chi connectivity index (χ4n) is 4.26. The van der Waals surface area contributed by atoms with Gasteiger partial charge in [-0.3, -0.25) is 4.79 Å². The average molecular weight is 275 g/mol. The van der Waals surface area contributed by atoms with Crippen molar-refractivity contribution in [3.63, 3.8) is 0 Å². The highest BCUT2D eigenvalue weighted by atomic mass is 19.1. The SMILES string of the molecule is CC1(C)[C@@H]2CC[C@@]1(C)[C@H](NC(=O)c1ccc(F)cc1)C2. The number of amides is 1. The van der Waals surface area contributed by atoms with Crippen molar-refractivity contribution >= 4 is 5.91 Å². The number of hydrogen-bond acceptors (Lipinski definition) is 1. The van der Waals surface area contributed by atoms with E-state index in [1.54, 1.807) is 12.1 Å². The van der Waals surface area contributed by atoms with Crippen LogP contribution >= 0.6 is 0 Å². The van der Waals surface area contributed by atoms with Crippen LogP contribution in [-0.2, 0) is 0 Å². The van der Waals surface area contributed by atoms with Gasteiger partial charge in [-0.25, -0.2) is 4.39 Å². The molecule has 0 heterocycles. The predicted molar refractivity (Wildman–Crippen MR) is 76.9 cm³/mol. The molecule has 2 fully saturated rings. The first-order valence-electron chi connectivity index (χ1n) is 7.41. The van der Waals surface area contributed by atoms with Crippen molar-refractivity contribution in [2.45, 2.75) is 46.1 Å². The van der Waals surface area contributed by atoms with Crippen molar-refractivity contribution < 1.29 is 9.18 Å². The smallest absolute Gasteiger partial charge is 0.251 e. The van der Waals surface area contributed by atoms with Gasteiger partial charge in [-0.15, -0.1) is 0 Å². The van der Waals surface area contributed by atoms with Gasteiger partial charge in [0.05, 0.1) is 0 Å². The van der Waals surface area contributed by atoms with Gasteiger partial charge in [0.25, 0.3) is 5.91 Å². The van der Waals surface area contributed by atoms with E-state index in [2.05, 4.69) is 26.1 Å². The maximum absolute atomic E-state index is 12.9. The van der Waals surface area contributed by atoms with Crippen LogP contribution in [0, 0.1) is 22.6 Å². The fourth-order valence-corrected chi connectivity index (χ4v) is 4.26. The Hall–Kier alpha value is -1.38. The molecule has 0 unspecified atom stereocenters. The van der Waals surface area contributed by atoms with Crippen molar-refractivity contribution in [3.05, 3.63) is 35.6 Å². The van der Waals surface area contributed by atoms with Crippen LogP contribution < -0.4 is 5.32 Å². The summed E-state index contributed by atoms with van der Waals surface area (Å²) in [6, 6.07) is 5.99. The Morgan fingerprint density at radius 2 is 1.90 bits per heavy atom. The minimum Gasteiger partial charge on any atom is -0.349 e. The van der Waals surface area contributed by atoms with Crippen LogP contribution in [0.2, 0.25) is 0 Å². The molecule has 3 heteroatoms. The minimum absolute atomic E-state index is 0.0837. The first kappa shape index (κ1) is 13.6. The number of fused-ring (bicyclic) bond motifs is 2. The van der Waals surface area contributed by atoms with Crippen molar-refractivity contribution in [2.24, 2.45) is 16.7 Å². The Kier molecular flexibility index (Phi) is 2.93. The van der Waals surface area contributed by atoms with E-state index in [1.807, 2.05) is 0 Å². The van der Waals surface area contributed by atoms with Gasteiger partial charge in [0, 0.05) is 11.6 Å². The molecule has 0 aromatic heterocycles. The van der Waals surface area contributed by atoms with Crippen LogP contribution in [-0.4, -0.2) is 11.9 Å². The second kappa shape index (κ2) is 4.31. The number of nitrogens with one attached hydrogen (secondary N) is 1. The van der Waals surface area contributed by atoms with E-state index in [0.717, 1.165) is 6.42 Å². The lowest BCUT2D eigenvalue weighted by Gasteiger charge is -2.39. The van der Waals surface area contributed by atoms with E-state index in [9.17, 15) is 9.18 Å². The van der Waals surface area contributed by atoms with Crippen LogP contribution in [0.3, 0.4) is 0 Å². The molecular weight excluding hydrogens is 253 g/mol. The number of rotatable bonds is 2. The summed E-state index contributed by atoms with van der Waals surface area (Å²) in [5, 5.41) is 3.18. The lowest BCUT2D eigenvalue weighted by atomic mass is 9.69.